The molecule has 0 radical (unpaired) electrons. The number of aldehydes is 1. The third-order valence-electron chi connectivity index (χ3n) is 5.97. The van der Waals surface area contributed by atoms with Gasteiger partial charge in [0, 0.05) is 46.0 Å². The molecule has 12 heteroatoms. The number of ketones is 2. The number of hydrogen-bond donors (Lipinski definition) is 3. The van der Waals surface area contributed by atoms with E-state index in [1.807, 2.05) is 69.2 Å². The Hall–Kier alpha value is -0.124. The van der Waals surface area contributed by atoms with Crippen LogP contribution in [0.4, 0.5) is 0 Å². The maximum absolute atomic E-state index is 12.5. The molecule has 0 aliphatic carbocycles. The van der Waals surface area contributed by atoms with Crippen LogP contribution >= 0.6 is 0 Å². The first-order valence-corrected chi connectivity index (χ1v) is 17.2. The molecule has 0 saturated heterocycles. The largest absolute Gasteiger partial charge is 1.00 e. The van der Waals surface area contributed by atoms with Gasteiger partial charge in [0.1, 0.15) is 17.9 Å². The molecule has 288 valence electrons. The van der Waals surface area contributed by atoms with Crippen LogP contribution in [-0.2, 0) is 33.4 Å². The number of amides is 1. The molecular formula is C36H79KN2O9. The van der Waals surface area contributed by atoms with Gasteiger partial charge in [-0.05, 0) is 60.0 Å². The zero-order valence-electron chi connectivity index (χ0n) is 34.7. The summed E-state index contributed by atoms with van der Waals surface area (Å²) in [5, 5.41) is 16.9. The van der Waals surface area contributed by atoms with Gasteiger partial charge in [-0.25, -0.2) is 0 Å². The molecule has 0 aromatic heterocycles. The number of carbonyl (C=O) groups is 4. The van der Waals surface area contributed by atoms with Crippen molar-refractivity contribution in [1.29, 1.82) is 0 Å². The molecule has 3 N–H and O–H groups in total. The van der Waals surface area contributed by atoms with Gasteiger partial charge in [0.15, 0.2) is 0 Å². The first kappa shape index (κ1) is 66.2. The van der Waals surface area contributed by atoms with Crippen LogP contribution in [0, 0.1) is 12.5 Å². The molecule has 0 aliphatic rings. The predicted octanol–water partition coefficient (Wildman–Crippen LogP) is 3.07. The summed E-state index contributed by atoms with van der Waals surface area (Å²) in [5.41, 5.74) is 0.0151. The summed E-state index contributed by atoms with van der Waals surface area (Å²) in [7, 11) is 4.06. The number of aliphatic hydroxyl groups is 2. The fourth-order valence-corrected chi connectivity index (χ4v) is 3.01. The fraction of sp³-hybridized carbons (Fsp3) is 0.861. The van der Waals surface area contributed by atoms with Gasteiger partial charge < -0.3 is 39.4 Å². The van der Waals surface area contributed by atoms with E-state index in [9.17, 15) is 14.4 Å². The van der Waals surface area contributed by atoms with Crippen molar-refractivity contribution in [1.82, 2.24) is 10.2 Å². The van der Waals surface area contributed by atoms with Crippen LogP contribution in [0.15, 0.2) is 0 Å². The van der Waals surface area contributed by atoms with E-state index >= 15 is 0 Å². The Bertz CT molecular complexity index is 653. The molecule has 0 saturated carbocycles. The van der Waals surface area contributed by atoms with E-state index < -0.39 is 0 Å². The molecule has 2 unspecified atom stereocenters. The van der Waals surface area contributed by atoms with E-state index in [0.717, 1.165) is 26.9 Å². The zero-order chi connectivity index (χ0) is 38.9. The zero-order valence-corrected chi connectivity index (χ0v) is 37.8. The summed E-state index contributed by atoms with van der Waals surface area (Å²) in [6.07, 6.45) is 3.25. The van der Waals surface area contributed by atoms with E-state index in [0.29, 0.717) is 45.5 Å². The van der Waals surface area contributed by atoms with Crippen LogP contribution < -0.4 is 56.7 Å². The SMILES string of the molecule is CC.CC.CC.CC=O.CO.CO.C[CH-]N(C)C(C)(C)CCOC(C)CCC(=O)NC(COCCC(C)=O)COCCC(=O)C(C)C.[K+]. The van der Waals surface area contributed by atoms with Crippen LogP contribution in [0.1, 0.15) is 129 Å². The second kappa shape index (κ2) is 53.7. The molecule has 2 atom stereocenters. The van der Waals surface area contributed by atoms with Crippen molar-refractivity contribution in [3.05, 3.63) is 6.54 Å². The monoisotopic (exact) mass is 723 g/mol. The Balaban J connectivity index is -0.000000167. The van der Waals surface area contributed by atoms with Gasteiger partial charge in [-0.1, -0.05) is 55.4 Å². The average molecular weight is 723 g/mol. The summed E-state index contributed by atoms with van der Waals surface area (Å²) in [5.74, 6) is 0.0873. The van der Waals surface area contributed by atoms with Crippen LogP contribution in [0.2, 0.25) is 0 Å². The summed E-state index contributed by atoms with van der Waals surface area (Å²) in [4.78, 5) is 46.3. The van der Waals surface area contributed by atoms with Crippen molar-refractivity contribution in [3.63, 3.8) is 0 Å². The Morgan fingerprint density at radius 3 is 1.65 bits per heavy atom. The number of nitrogens with one attached hydrogen (secondary N) is 1. The van der Waals surface area contributed by atoms with Gasteiger partial charge in [0.25, 0.3) is 0 Å². The van der Waals surface area contributed by atoms with Crippen molar-refractivity contribution in [2.75, 3.05) is 54.3 Å². The minimum atomic E-state index is -0.341. The maximum atomic E-state index is 12.5. The Morgan fingerprint density at radius 1 is 0.854 bits per heavy atom. The summed E-state index contributed by atoms with van der Waals surface area (Å²) in [6.45, 7) is 30.8. The smallest absolute Gasteiger partial charge is 0.454 e. The quantitative estimate of drug-likeness (QED) is 0.0698. The normalized spacial score (nSPS) is 10.7. The topological polar surface area (TPSA) is 152 Å². The Kier molecular flexibility index (Phi) is 74.0. The van der Waals surface area contributed by atoms with E-state index in [1.165, 1.54) is 13.8 Å². The molecule has 0 heterocycles. The van der Waals surface area contributed by atoms with Gasteiger partial charge in [-0.2, -0.15) is 6.92 Å². The molecule has 0 bridgehead atoms. The standard InChI is InChI=1S/C26H49N2O6.C2H4O.3C2H6.2CH4O.K/c1-9-28(8)26(6,7)14-17-34-22(5)10-11-25(31)27-23(18-32-15-12-21(4)29)19-33-16-13-24(30)20(2)3;1-2-3;5*1-2;/h9,20,22-23H,10-19H2,1-8H3,(H,27,31);2H,1H3;3*1-2H3;2*2H,1H3;/q-1;;;;;;;+1. The van der Waals surface area contributed by atoms with E-state index in [4.69, 9.17) is 29.2 Å². The maximum Gasteiger partial charge on any atom is 1.00 e. The molecule has 0 spiro atoms. The molecule has 11 nitrogen and oxygen atoms in total. The van der Waals surface area contributed by atoms with E-state index in [2.05, 4.69) is 37.7 Å². The summed E-state index contributed by atoms with van der Waals surface area (Å²) >= 11 is 0. The van der Waals surface area contributed by atoms with Crippen LogP contribution in [0.25, 0.3) is 0 Å². The van der Waals surface area contributed by atoms with E-state index in [1.54, 1.807) is 0 Å². The number of nitrogens with zero attached hydrogens (tertiary/aromatic N) is 1. The van der Waals surface area contributed by atoms with Crippen molar-refractivity contribution < 1.29 is 95.0 Å². The van der Waals surface area contributed by atoms with E-state index in [-0.39, 0.29) is 106 Å². The molecule has 0 aromatic rings. The third kappa shape index (κ3) is 52.7. The molecule has 48 heavy (non-hydrogen) atoms. The predicted molar refractivity (Wildman–Crippen MR) is 196 cm³/mol. The van der Waals surface area contributed by atoms with Crippen molar-refractivity contribution in [2.24, 2.45) is 5.92 Å². The van der Waals surface area contributed by atoms with Gasteiger partial charge >= 0.3 is 51.4 Å². The number of Topliss-reactive ketones (excluding diaryl/α,β-unsaturated/α-hetero) is 2. The first-order valence-electron chi connectivity index (χ1n) is 17.2. The molecule has 1 amide bonds. The second-order valence-electron chi connectivity index (χ2n) is 10.1. The third-order valence-corrected chi connectivity index (χ3v) is 5.97. The van der Waals surface area contributed by atoms with Gasteiger partial charge in [-0.15, -0.1) is 0 Å². The number of carbonyl (C=O) groups excluding carboxylic acids is 4. The van der Waals surface area contributed by atoms with Crippen molar-refractivity contribution >= 4 is 23.8 Å². The molecule has 0 fully saturated rings. The Labute approximate surface area is 339 Å². The molecular weight excluding hydrogens is 643 g/mol. The number of aliphatic hydroxyl groups excluding tert-OH is 2. The first-order chi connectivity index (χ1) is 22.3. The number of ether oxygens (including phenoxy) is 3. The average Bonchev–Trinajstić information content (AvgIpc) is 3.08. The summed E-state index contributed by atoms with van der Waals surface area (Å²) in [6, 6.07) is -0.341. The van der Waals surface area contributed by atoms with Gasteiger partial charge in [0.05, 0.1) is 38.6 Å². The second-order valence-corrected chi connectivity index (χ2v) is 10.1. The minimum Gasteiger partial charge on any atom is -0.454 e. The molecule has 0 aliphatic heterocycles. The fourth-order valence-electron chi connectivity index (χ4n) is 3.01. The van der Waals surface area contributed by atoms with Crippen LogP contribution in [0.5, 0.6) is 0 Å². The van der Waals surface area contributed by atoms with Gasteiger partial charge in [-0.3, -0.25) is 20.9 Å². The van der Waals surface area contributed by atoms with Crippen LogP contribution in [-0.4, -0.2) is 111 Å². The molecule has 0 rings (SSSR count). The van der Waals surface area contributed by atoms with Crippen molar-refractivity contribution in [3.8, 4) is 0 Å². The summed E-state index contributed by atoms with van der Waals surface area (Å²) < 4.78 is 17.1. The minimum absolute atomic E-state index is 0. The number of rotatable bonds is 21. The Morgan fingerprint density at radius 2 is 1.27 bits per heavy atom. The van der Waals surface area contributed by atoms with Gasteiger partial charge in [0.2, 0.25) is 5.91 Å². The number of hydrogen-bond acceptors (Lipinski definition) is 10. The van der Waals surface area contributed by atoms with Crippen molar-refractivity contribution in [2.45, 2.75) is 147 Å². The van der Waals surface area contributed by atoms with Crippen LogP contribution in [0.3, 0.4) is 0 Å². The molecule has 0 aromatic carbocycles.